The Morgan fingerprint density at radius 1 is 1.47 bits per heavy atom. The average Bonchev–Trinajstić information content (AvgIpc) is 2.30. The molecule has 0 saturated carbocycles. The van der Waals surface area contributed by atoms with Crippen LogP contribution in [-0.2, 0) is 4.79 Å². The Labute approximate surface area is 116 Å². The van der Waals surface area contributed by atoms with E-state index >= 15 is 0 Å². The van der Waals surface area contributed by atoms with Crippen LogP contribution in [0.3, 0.4) is 0 Å². The lowest BCUT2D eigenvalue weighted by Crippen LogP contribution is -2.57. The molecule has 0 saturated heterocycles. The third-order valence-electron chi connectivity index (χ3n) is 3.10. The summed E-state index contributed by atoms with van der Waals surface area (Å²) in [5, 5.41) is 9.55. The molecule has 2 atom stereocenters. The van der Waals surface area contributed by atoms with E-state index in [0.29, 0.717) is 11.4 Å². The van der Waals surface area contributed by atoms with Gasteiger partial charge >= 0.3 is 0 Å². The van der Waals surface area contributed by atoms with Crippen LogP contribution in [0.4, 0.5) is 13.2 Å². The van der Waals surface area contributed by atoms with E-state index in [1.165, 1.54) is 12.1 Å². The van der Waals surface area contributed by atoms with Crippen LogP contribution < -0.4 is 5.73 Å². The van der Waals surface area contributed by atoms with Gasteiger partial charge in [-0.1, -0.05) is 22.9 Å². The van der Waals surface area contributed by atoms with Crippen molar-refractivity contribution in [2.75, 3.05) is 0 Å². The number of nitrogens with two attached hydrogens (primary N) is 1. The average molecular weight is 340 g/mol. The van der Waals surface area contributed by atoms with Gasteiger partial charge in [-0.2, -0.15) is 0 Å². The van der Waals surface area contributed by atoms with Gasteiger partial charge in [0.25, 0.3) is 11.8 Å². The highest BCUT2D eigenvalue weighted by Crippen LogP contribution is 2.42. The van der Waals surface area contributed by atoms with Gasteiger partial charge in [0.1, 0.15) is 5.82 Å². The number of alkyl halides is 2. The molecule has 7 heteroatoms. The molecule has 3 nitrogen and oxygen atoms in total. The van der Waals surface area contributed by atoms with E-state index in [-0.39, 0.29) is 5.56 Å². The van der Waals surface area contributed by atoms with E-state index in [0.717, 1.165) is 13.0 Å². The fourth-order valence-electron chi connectivity index (χ4n) is 1.63. The molecule has 1 unspecified atom stereocenters. The molecule has 1 aromatic rings. The normalized spacial score (nSPS) is 16.8. The monoisotopic (exact) mass is 339 g/mol. The number of aliphatic hydroxyl groups is 1. The molecule has 19 heavy (non-hydrogen) atoms. The number of halogens is 4. The number of carbonyl (C=O) groups is 1. The second-order valence-electron chi connectivity index (χ2n) is 4.45. The minimum atomic E-state index is -3.92. The number of hydrogen-bond donors (Lipinski definition) is 2. The molecule has 0 bridgehead atoms. The zero-order valence-electron chi connectivity index (χ0n) is 10.3. The van der Waals surface area contributed by atoms with Gasteiger partial charge in [0, 0.05) is 4.47 Å². The largest absolute Gasteiger partial charge is 0.375 e. The van der Waals surface area contributed by atoms with Crippen molar-refractivity contribution in [2.24, 2.45) is 5.73 Å². The van der Waals surface area contributed by atoms with Crippen molar-refractivity contribution in [3.05, 3.63) is 34.1 Å². The van der Waals surface area contributed by atoms with Gasteiger partial charge in [-0.25, -0.2) is 13.2 Å². The lowest BCUT2D eigenvalue weighted by molar-refractivity contribution is -0.190. The van der Waals surface area contributed by atoms with Gasteiger partial charge in [-0.3, -0.25) is 4.79 Å². The van der Waals surface area contributed by atoms with E-state index in [2.05, 4.69) is 15.9 Å². The van der Waals surface area contributed by atoms with E-state index in [4.69, 9.17) is 5.73 Å². The molecular weight excluding hydrogens is 327 g/mol. The van der Waals surface area contributed by atoms with Crippen molar-refractivity contribution in [1.29, 1.82) is 0 Å². The number of hydrogen-bond acceptors (Lipinski definition) is 2. The summed E-state index contributed by atoms with van der Waals surface area (Å²) in [6.07, 6.45) is 0. The summed E-state index contributed by atoms with van der Waals surface area (Å²) in [5.41, 5.74) is 1.38. The van der Waals surface area contributed by atoms with Crippen LogP contribution >= 0.6 is 15.9 Å². The maximum absolute atomic E-state index is 14.1. The smallest absolute Gasteiger partial charge is 0.291 e. The second kappa shape index (κ2) is 5.13. The Morgan fingerprint density at radius 3 is 2.47 bits per heavy atom. The molecule has 0 heterocycles. The van der Waals surface area contributed by atoms with Crippen LogP contribution in [-0.4, -0.2) is 22.5 Å². The number of primary amides is 1. The Kier molecular flexibility index (Phi) is 4.31. The topological polar surface area (TPSA) is 63.3 Å². The van der Waals surface area contributed by atoms with Crippen LogP contribution in [0.25, 0.3) is 0 Å². The maximum atomic E-state index is 14.1. The first kappa shape index (κ1) is 16.0. The molecule has 0 aliphatic rings. The van der Waals surface area contributed by atoms with E-state index < -0.39 is 29.2 Å². The minimum absolute atomic E-state index is 0.319. The van der Waals surface area contributed by atoms with Crippen molar-refractivity contribution in [2.45, 2.75) is 31.3 Å². The Bertz CT molecular complexity index is 506. The van der Waals surface area contributed by atoms with Gasteiger partial charge < -0.3 is 10.8 Å². The van der Waals surface area contributed by atoms with Crippen molar-refractivity contribution in [1.82, 2.24) is 0 Å². The predicted octanol–water partition coefficient (Wildman–Crippen LogP) is 2.56. The summed E-state index contributed by atoms with van der Waals surface area (Å²) in [7, 11) is 0. The first-order valence-electron chi connectivity index (χ1n) is 5.37. The van der Waals surface area contributed by atoms with Crippen molar-refractivity contribution < 1.29 is 23.1 Å². The fourth-order valence-corrected chi connectivity index (χ4v) is 2.01. The summed E-state index contributed by atoms with van der Waals surface area (Å²) in [6.45, 7) is 1.63. The van der Waals surface area contributed by atoms with Crippen LogP contribution in [0.1, 0.15) is 25.3 Å². The van der Waals surface area contributed by atoms with Gasteiger partial charge in [0.15, 0.2) is 0 Å². The first-order chi connectivity index (χ1) is 8.51. The molecule has 0 radical (unpaired) electrons. The molecule has 1 rings (SSSR count). The highest BCUT2D eigenvalue weighted by atomic mass is 79.9. The van der Waals surface area contributed by atoms with Gasteiger partial charge in [0.05, 0.1) is 5.92 Å². The Balaban J connectivity index is 3.28. The summed E-state index contributed by atoms with van der Waals surface area (Å²) in [4.78, 5) is 10.9. The first-order valence-corrected chi connectivity index (χ1v) is 6.16. The van der Waals surface area contributed by atoms with Crippen molar-refractivity contribution in [3.8, 4) is 0 Å². The predicted molar refractivity (Wildman–Crippen MR) is 67.3 cm³/mol. The molecule has 1 aromatic carbocycles. The molecular formula is C12H13BrF3NO2. The van der Waals surface area contributed by atoms with Crippen molar-refractivity contribution in [3.63, 3.8) is 0 Å². The zero-order valence-corrected chi connectivity index (χ0v) is 11.8. The number of rotatable bonds is 4. The Morgan fingerprint density at radius 2 is 2.00 bits per heavy atom. The molecule has 0 aliphatic carbocycles. The standard InChI is InChI=1S/C12H13BrF3NO2/c1-6(8-5-7(13)3-4-9(8)14)12(15,16)11(2,19)10(17)18/h3-6,19H,1-2H3,(H2,17,18)/t6?,11-/m1/s1. The van der Waals surface area contributed by atoms with Crippen LogP contribution in [0.15, 0.2) is 22.7 Å². The lowest BCUT2D eigenvalue weighted by Gasteiger charge is -2.34. The quantitative estimate of drug-likeness (QED) is 0.885. The highest BCUT2D eigenvalue weighted by Gasteiger charge is 2.57. The maximum Gasteiger partial charge on any atom is 0.291 e. The lowest BCUT2D eigenvalue weighted by atomic mass is 9.83. The van der Waals surface area contributed by atoms with Crippen LogP contribution in [0, 0.1) is 5.82 Å². The summed E-state index contributed by atoms with van der Waals surface area (Å²) < 4.78 is 42.2. The van der Waals surface area contributed by atoms with Gasteiger partial charge in [-0.05, 0) is 30.7 Å². The third kappa shape index (κ3) is 2.76. The van der Waals surface area contributed by atoms with Crippen LogP contribution in [0.5, 0.6) is 0 Å². The van der Waals surface area contributed by atoms with Crippen molar-refractivity contribution >= 4 is 21.8 Å². The van der Waals surface area contributed by atoms with Gasteiger partial charge in [-0.15, -0.1) is 0 Å². The molecule has 0 fully saturated rings. The zero-order chi connectivity index (χ0) is 15.0. The van der Waals surface area contributed by atoms with E-state index in [1.807, 2.05) is 0 Å². The molecule has 0 spiro atoms. The molecule has 1 amide bonds. The molecule has 0 aromatic heterocycles. The highest BCUT2D eigenvalue weighted by molar-refractivity contribution is 9.10. The third-order valence-corrected chi connectivity index (χ3v) is 3.59. The number of benzene rings is 1. The summed E-state index contributed by atoms with van der Waals surface area (Å²) >= 11 is 3.05. The van der Waals surface area contributed by atoms with Crippen LogP contribution in [0.2, 0.25) is 0 Å². The second-order valence-corrected chi connectivity index (χ2v) is 5.36. The summed E-state index contributed by atoms with van der Waals surface area (Å²) in [6, 6.07) is 3.55. The fraction of sp³-hybridized carbons (Fsp3) is 0.417. The molecule has 106 valence electrons. The van der Waals surface area contributed by atoms with E-state index in [1.54, 1.807) is 0 Å². The van der Waals surface area contributed by atoms with E-state index in [9.17, 15) is 23.1 Å². The number of carbonyl (C=O) groups excluding carboxylic acids is 1. The number of amides is 1. The minimum Gasteiger partial charge on any atom is -0.375 e. The summed E-state index contributed by atoms with van der Waals surface area (Å²) in [5.74, 6) is -8.07. The van der Waals surface area contributed by atoms with Gasteiger partial charge in [0.2, 0.25) is 5.60 Å². The molecule has 3 N–H and O–H groups in total. The SMILES string of the molecule is CC(c1cc(Br)ccc1F)C(F)(F)[C@](C)(O)C(N)=O. The molecule has 0 aliphatic heterocycles. The Hall–Kier alpha value is -1.08.